The molecule has 0 spiro atoms. The fourth-order valence-electron chi connectivity index (χ4n) is 3.60. The number of nitrogen functional groups attached to an aromatic ring is 1. The second-order valence-corrected chi connectivity index (χ2v) is 10.0. The summed E-state index contributed by atoms with van der Waals surface area (Å²) in [6, 6.07) is -4.19. The highest BCUT2D eigenvalue weighted by atomic mass is 32.2. The Morgan fingerprint density at radius 1 is 1.44 bits per heavy atom. The third kappa shape index (κ3) is 5.04. The number of carbonyl (C=O) groups excluding carboxylic acids is 2. The van der Waals surface area contributed by atoms with Gasteiger partial charge in [-0.05, 0) is 11.1 Å². The van der Waals surface area contributed by atoms with E-state index >= 15 is 0 Å². The number of β-lactam (4-membered cyclic amide) rings is 1. The van der Waals surface area contributed by atoms with Gasteiger partial charge in [0.15, 0.2) is 5.13 Å². The lowest BCUT2D eigenvalue weighted by Gasteiger charge is -2.43. The molecule has 2 amide bonds. The minimum absolute atomic E-state index is 0.00600. The summed E-state index contributed by atoms with van der Waals surface area (Å²) >= 11 is 0.997. The average molecular weight is 515 g/mol. The van der Waals surface area contributed by atoms with Gasteiger partial charge in [0.1, 0.15) is 12.1 Å². The van der Waals surface area contributed by atoms with E-state index in [1.807, 2.05) is 0 Å². The van der Waals surface area contributed by atoms with E-state index in [1.54, 1.807) is 0 Å². The molecular weight excluding hydrogens is 492 g/mol. The number of aromatic nitrogens is 4. The summed E-state index contributed by atoms with van der Waals surface area (Å²) in [6.45, 7) is 2.89. The first-order valence-corrected chi connectivity index (χ1v) is 12.4. The van der Waals surface area contributed by atoms with Crippen LogP contribution in [0.25, 0.3) is 0 Å². The molecule has 16 nitrogen and oxygen atoms in total. The van der Waals surface area contributed by atoms with Crippen LogP contribution in [0.1, 0.15) is 17.4 Å². The Bertz CT molecular complexity index is 1180. The zero-order valence-corrected chi connectivity index (χ0v) is 19.2. The molecule has 0 saturated carbocycles. The zero-order valence-electron chi connectivity index (χ0n) is 17.6. The van der Waals surface area contributed by atoms with Gasteiger partial charge in [0.2, 0.25) is 6.04 Å². The highest BCUT2D eigenvalue weighted by molar-refractivity contribution is 7.84. The van der Waals surface area contributed by atoms with Crippen molar-refractivity contribution in [2.24, 2.45) is 11.1 Å². The molecule has 4 heterocycles. The maximum Gasteiger partial charge on any atom is 0.362 e. The average Bonchev–Trinajstić information content (AvgIpc) is 3.36. The first-order valence-electron chi connectivity index (χ1n) is 10.1. The number of thiazole rings is 1. The van der Waals surface area contributed by atoms with Crippen LogP contribution in [0.15, 0.2) is 16.8 Å². The fraction of sp³-hybridized carbons (Fsp3) is 0.562. The molecule has 2 fully saturated rings. The van der Waals surface area contributed by atoms with Crippen molar-refractivity contribution in [3.8, 4) is 0 Å². The van der Waals surface area contributed by atoms with Crippen molar-refractivity contribution >= 4 is 38.6 Å². The van der Waals surface area contributed by atoms with Gasteiger partial charge in [-0.15, -0.1) is 16.2 Å². The molecular formula is C16H22N10O6S2. The number of hydrogen-bond donors (Lipinski definition) is 5. The van der Waals surface area contributed by atoms with E-state index < -0.39 is 40.2 Å². The summed E-state index contributed by atoms with van der Waals surface area (Å²) in [7, 11) is -4.91. The lowest BCUT2D eigenvalue weighted by atomic mass is 9.98. The van der Waals surface area contributed by atoms with Gasteiger partial charge in [-0.1, -0.05) is 0 Å². The lowest BCUT2D eigenvalue weighted by Crippen LogP contribution is -2.73. The van der Waals surface area contributed by atoms with E-state index in [-0.39, 0.29) is 21.7 Å². The maximum absolute atomic E-state index is 12.6. The zero-order chi connectivity index (χ0) is 24.5. The predicted octanol–water partition coefficient (Wildman–Crippen LogP) is -2.37. The van der Waals surface area contributed by atoms with Gasteiger partial charge in [-0.25, -0.2) is 9.29 Å². The van der Waals surface area contributed by atoms with E-state index in [2.05, 4.69) is 36.3 Å². The second-order valence-electron chi connectivity index (χ2n) is 7.83. The molecule has 2 saturated heterocycles. The van der Waals surface area contributed by atoms with Crippen molar-refractivity contribution in [1.82, 2.24) is 40.2 Å². The SMILES string of the molecule is Nc1nc(C(N=O)C(=O)NC2C(=O)N(S(=O)(=O)O)C2Cn2ncc(CNCC3CNC3)n2)cs1. The van der Waals surface area contributed by atoms with Gasteiger partial charge in [-0.3, -0.25) is 14.1 Å². The number of nitrogens with one attached hydrogen (secondary N) is 3. The van der Waals surface area contributed by atoms with Crippen molar-refractivity contribution in [1.29, 1.82) is 0 Å². The minimum atomic E-state index is -4.91. The Labute approximate surface area is 197 Å². The molecule has 0 bridgehead atoms. The van der Waals surface area contributed by atoms with Crippen LogP contribution >= 0.6 is 11.3 Å². The molecule has 184 valence electrons. The molecule has 34 heavy (non-hydrogen) atoms. The molecule has 18 heteroatoms. The quantitative estimate of drug-likeness (QED) is 0.120. The lowest BCUT2D eigenvalue weighted by molar-refractivity contribution is -0.146. The van der Waals surface area contributed by atoms with Crippen molar-refractivity contribution in [3.63, 3.8) is 0 Å². The highest BCUT2D eigenvalue weighted by Gasteiger charge is 2.54. The standard InChI is InChI=1S/C16H22N10O6S2/c17-16-21-10(7-33-16)12(24-29)14(27)22-13-11(26(15(13)28)34(30,31)32)6-25-20-5-9(23-25)4-19-3-8-1-18-2-8/h5,7-8,11-13,18-19H,1-4,6H2,(H2,17,21)(H,22,27)(H,30,31,32). The Morgan fingerprint density at radius 3 is 2.79 bits per heavy atom. The molecule has 0 radical (unpaired) electrons. The van der Waals surface area contributed by atoms with Gasteiger partial charge in [-0.2, -0.15) is 23.4 Å². The number of hydrogen-bond acceptors (Lipinski definition) is 13. The number of nitrogens with zero attached hydrogens (tertiary/aromatic N) is 6. The van der Waals surface area contributed by atoms with E-state index in [0.717, 1.165) is 35.8 Å². The third-order valence-corrected chi connectivity index (χ3v) is 7.07. The molecule has 2 aromatic rings. The first-order chi connectivity index (χ1) is 16.2. The third-order valence-electron chi connectivity index (χ3n) is 5.43. The van der Waals surface area contributed by atoms with Crippen LogP contribution in [0.3, 0.4) is 0 Å². The van der Waals surface area contributed by atoms with Crippen LogP contribution in [0.2, 0.25) is 0 Å². The molecule has 2 aliphatic heterocycles. The number of amides is 2. The highest BCUT2D eigenvalue weighted by Crippen LogP contribution is 2.27. The van der Waals surface area contributed by atoms with Crippen LogP contribution in [0.4, 0.5) is 5.13 Å². The molecule has 2 aliphatic rings. The summed E-state index contributed by atoms with van der Waals surface area (Å²) in [5.74, 6) is -1.50. The molecule has 2 aromatic heterocycles. The van der Waals surface area contributed by atoms with Gasteiger partial charge < -0.3 is 21.7 Å². The minimum Gasteiger partial charge on any atom is -0.375 e. The van der Waals surface area contributed by atoms with Crippen molar-refractivity contribution in [2.45, 2.75) is 31.2 Å². The number of carbonyl (C=O) groups is 2. The summed E-state index contributed by atoms with van der Waals surface area (Å²) in [5, 5.41) is 21.2. The first kappa shape index (κ1) is 24.1. The second kappa shape index (κ2) is 9.66. The summed E-state index contributed by atoms with van der Waals surface area (Å²) < 4.78 is 33.1. The van der Waals surface area contributed by atoms with Crippen molar-refractivity contribution in [3.05, 3.63) is 27.9 Å². The Hall–Kier alpha value is -3.06. The number of rotatable bonds is 11. The number of nitrogens with two attached hydrogens (primary N) is 1. The van der Waals surface area contributed by atoms with Crippen LogP contribution in [-0.2, 0) is 33.0 Å². The van der Waals surface area contributed by atoms with E-state index in [1.165, 1.54) is 11.6 Å². The summed E-state index contributed by atoms with van der Waals surface area (Å²) in [5.41, 5.74) is 6.10. The predicted molar refractivity (Wildman–Crippen MR) is 117 cm³/mol. The largest absolute Gasteiger partial charge is 0.375 e. The molecule has 4 rings (SSSR count). The van der Waals surface area contributed by atoms with Crippen LogP contribution < -0.4 is 21.7 Å². The van der Waals surface area contributed by atoms with E-state index in [4.69, 9.17) is 5.73 Å². The van der Waals surface area contributed by atoms with Gasteiger partial charge >= 0.3 is 10.3 Å². The van der Waals surface area contributed by atoms with Crippen molar-refractivity contribution < 1.29 is 22.6 Å². The Kier molecular flexibility index (Phi) is 6.84. The Balaban J connectivity index is 1.43. The number of anilines is 1. The van der Waals surface area contributed by atoms with Gasteiger partial charge in [0, 0.05) is 31.6 Å². The van der Waals surface area contributed by atoms with E-state index in [0.29, 0.717) is 18.2 Å². The van der Waals surface area contributed by atoms with Crippen LogP contribution in [-0.4, -0.2) is 80.8 Å². The smallest absolute Gasteiger partial charge is 0.362 e. The van der Waals surface area contributed by atoms with Gasteiger partial charge in [0.05, 0.1) is 24.1 Å². The topological polar surface area (TPSA) is 227 Å². The maximum atomic E-state index is 12.6. The fourth-order valence-corrected chi connectivity index (χ4v) is 5.05. The van der Waals surface area contributed by atoms with Crippen LogP contribution in [0, 0.1) is 10.8 Å². The monoisotopic (exact) mass is 514 g/mol. The Morgan fingerprint density at radius 2 is 2.21 bits per heavy atom. The number of nitroso groups, excluding NO2 is 1. The molecule has 6 N–H and O–H groups in total. The van der Waals surface area contributed by atoms with Crippen molar-refractivity contribution in [2.75, 3.05) is 25.4 Å². The molecule has 3 atom stereocenters. The molecule has 0 aromatic carbocycles. The molecule has 0 aliphatic carbocycles. The summed E-state index contributed by atoms with van der Waals surface area (Å²) in [4.78, 5) is 41.2. The van der Waals surface area contributed by atoms with Crippen LogP contribution in [0.5, 0.6) is 0 Å². The van der Waals surface area contributed by atoms with E-state index in [9.17, 15) is 27.5 Å². The molecule has 3 unspecified atom stereocenters. The summed E-state index contributed by atoms with van der Waals surface area (Å²) in [6.07, 6.45) is 1.48. The normalized spacial score (nSPS) is 21.6. The van der Waals surface area contributed by atoms with Gasteiger partial charge in [0.25, 0.3) is 11.8 Å².